The summed E-state index contributed by atoms with van der Waals surface area (Å²) in [4.78, 5) is 22.4. The van der Waals surface area contributed by atoms with Gasteiger partial charge in [-0.3, -0.25) is 0 Å². The van der Waals surface area contributed by atoms with Crippen molar-refractivity contribution in [1.29, 1.82) is 0 Å². The lowest BCUT2D eigenvalue weighted by atomic mass is 10.0. The van der Waals surface area contributed by atoms with Crippen LogP contribution < -0.4 is 5.32 Å². The summed E-state index contributed by atoms with van der Waals surface area (Å²) in [6, 6.07) is 2.17. The number of alkyl carbamates (subject to hydrolysis) is 1. The van der Waals surface area contributed by atoms with Gasteiger partial charge in [0.05, 0.1) is 17.7 Å². The molecule has 5 nitrogen and oxygen atoms in total. The molecule has 2 N–H and O–H groups in total. The Kier molecular flexibility index (Phi) is 5.85. The highest BCUT2D eigenvalue weighted by Gasteiger charge is 2.31. The van der Waals surface area contributed by atoms with E-state index in [0.717, 1.165) is 6.07 Å². The van der Waals surface area contributed by atoms with E-state index in [1.54, 1.807) is 20.8 Å². The molecule has 0 aliphatic heterocycles. The second kappa shape index (κ2) is 7.25. The smallest absolute Gasteiger partial charge is 0.416 e. The van der Waals surface area contributed by atoms with Crippen LogP contribution in [0.2, 0.25) is 0 Å². The van der Waals surface area contributed by atoms with Gasteiger partial charge in [0.25, 0.3) is 0 Å². The number of benzene rings is 1. The monoisotopic (exact) mass is 343 g/mol. The maximum atomic E-state index is 12.7. The number of hydrogen-bond acceptors (Lipinski definition) is 3. The summed E-state index contributed by atoms with van der Waals surface area (Å²) in [5.41, 5.74) is -2.34. The molecule has 1 aromatic carbocycles. The van der Waals surface area contributed by atoms with Gasteiger partial charge in [-0.1, -0.05) is 11.8 Å². The van der Waals surface area contributed by atoms with Gasteiger partial charge < -0.3 is 15.2 Å². The molecular formula is C16H16F3NO4. The highest BCUT2D eigenvalue weighted by atomic mass is 19.4. The molecule has 130 valence electrons. The zero-order valence-corrected chi connectivity index (χ0v) is 13.2. The summed E-state index contributed by atoms with van der Waals surface area (Å²) in [5.74, 6) is 3.33. The Bertz CT molecular complexity index is 694. The molecule has 0 radical (unpaired) electrons. The van der Waals surface area contributed by atoms with Crippen LogP contribution in [0, 0.1) is 11.8 Å². The third kappa shape index (κ3) is 6.20. The summed E-state index contributed by atoms with van der Waals surface area (Å²) in [5, 5.41) is 11.3. The highest BCUT2D eigenvalue weighted by Crippen LogP contribution is 2.30. The lowest BCUT2D eigenvalue weighted by Gasteiger charge is -2.19. The number of amides is 1. The van der Waals surface area contributed by atoms with Crippen molar-refractivity contribution in [1.82, 2.24) is 5.32 Å². The lowest BCUT2D eigenvalue weighted by Crippen LogP contribution is -2.32. The van der Waals surface area contributed by atoms with E-state index < -0.39 is 29.4 Å². The van der Waals surface area contributed by atoms with Crippen molar-refractivity contribution in [2.24, 2.45) is 0 Å². The fourth-order valence-electron chi connectivity index (χ4n) is 1.58. The van der Waals surface area contributed by atoms with Crippen molar-refractivity contribution in [2.45, 2.75) is 32.5 Å². The number of carbonyl (C=O) groups excluding carboxylic acids is 1. The molecule has 0 atom stereocenters. The maximum absolute atomic E-state index is 12.7. The minimum Gasteiger partial charge on any atom is -0.478 e. The van der Waals surface area contributed by atoms with Crippen molar-refractivity contribution in [2.75, 3.05) is 6.54 Å². The molecule has 8 heteroatoms. The number of carboxylic acid groups (broad SMARTS) is 1. The molecule has 0 saturated heterocycles. The van der Waals surface area contributed by atoms with Crippen molar-refractivity contribution in [3.05, 3.63) is 34.9 Å². The van der Waals surface area contributed by atoms with Crippen LogP contribution in [-0.4, -0.2) is 29.3 Å². The van der Waals surface area contributed by atoms with Crippen molar-refractivity contribution in [3.63, 3.8) is 0 Å². The summed E-state index contributed by atoms with van der Waals surface area (Å²) < 4.78 is 43.0. The number of nitrogens with one attached hydrogen (secondary N) is 1. The minimum atomic E-state index is -4.61. The molecule has 0 bridgehead atoms. The number of alkyl halides is 3. The normalized spacial score (nSPS) is 11.2. The Labute approximate surface area is 136 Å². The van der Waals surface area contributed by atoms with E-state index in [-0.39, 0.29) is 17.7 Å². The summed E-state index contributed by atoms with van der Waals surface area (Å²) in [6.07, 6.45) is -5.35. The van der Waals surface area contributed by atoms with Gasteiger partial charge in [0.2, 0.25) is 0 Å². The van der Waals surface area contributed by atoms with Crippen LogP contribution in [0.1, 0.15) is 42.3 Å². The summed E-state index contributed by atoms with van der Waals surface area (Å²) in [6.45, 7) is 4.80. The largest absolute Gasteiger partial charge is 0.478 e. The van der Waals surface area contributed by atoms with Crippen LogP contribution in [0.4, 0.5) is 18.0 Å². The highest BCUT2D eigenvalue weighted by molar-refractivity contribution is 5.90. The van der Waals surface area contributed by atoms with E-state index >= 15 is 0 Å². The molecule has 0 unspecified atom stereocenters. The quantitative estimate of drug-likeness (QED) is 0.808. The fourth-order valence-corrected chi connectivity index (χ4v) is 1.58. The Morgan fingerprint density at radius 3 is 2.38 bits per heavy atom. The Morgan fingerprint density at radius 1 is 1.25 bits per heavy atom. The van der Waals surface area contributed by atoms with E-state index in [2.05, 4.69) is 17.2 Å². The zero-order valence-electron chi connectivity index (χ0n) is 13.2. The first-order valence-corrected chi connectivity index (χ1v) is 6.80. The molecule has 24 heavy (non-hydrogen) atoms. The number of aromatic carboxylic acids is 1. The first-order valence-electron chi connectivity index (χ1n) is 6.80. The van der Waals surface area contributed by atoms with Crippen LogP contribution in [0.15, 0.2) is 18.2 Å². The van der Waals surface area contributed by atoms with Crippen molar-refractivity contribution in [3.8, 4) is 11.8 Å². The van der Waals surface area contributed by atoms with Gasteiger partial charge in [-0.05, 0) is 39.0 Å². The first kappa shape index (κ1) is 19.4. The molecule has 0 aliphatic carbocycles. The van der Waals surface area contributed by atoms with Crippen LogP contribution >= 0.6 is 0 Å². The standard InChI is InChI=1S/C16H16F3NO4/c1-15(2,3)24-14(23)20-8-4-5-10-9-11(16(17,18)19)6-7-12(10)13(21)22/h6-7,9H,8H2,1-3H3,(H,20,23)(H,21,22). The third-order valence-corrected chi connectivity index (χ3v) is 2.52. The average Bonchev–Trinajstić information content (AvgIpc) is 2.40. The first-order chi connectivity index (χ1) is 10.9. The van der Waals surface area contributed by atoms with E-state index in [1.807, 2.05) is 0 Å². The number of hydrogen-bond donors (Lipinski definition) is 2. The molecule has 0 aromatic heterocycles. The molecule has 0 saturated carbocycles. The van der Waals surface area contributed by atoms with Gasteiger partial charge >= 0.3 is 18.2 Å². The number of carboxylic acids is 1. The van der Waals surface area contributed by atoms with Crippen LogP contribution in [0.25, 0.3) is 0 Å². The Morgan fingerprint density at radius 2 is 1.88 bits per heavy atom. The minimum absolute atomic E-state index is 0.204. The second-order valence-electron chi connectivity index (χ2n) is 5.72. The van der Waals surface area contributed by atoms with Crippen LogP contribution in [0.3, 0.4) is 0 Å². The lowest BCUT2D eigenvalue weighted by molar-refractivity contribution is -0.137. The van der Waals surface area contributed by atoms with Crippen molar-refractivity contribution >= 4 is 12.1 Å². The predicted molar refractivity (Wildman–Crippen MR) is 79.5 cm³/mol. The number of halogens is 3. The Balaban J connectivity index is 2.90. The van der Waals surface area contributed by atoms with E-state index in [9.17, 15) is 22.8 Å². The summed E-state index contributed by atoms with van der Waals surface area (Å²) >= 11 is 0. The second-order valence-corrected chi connectivity index (χ2v) is 5.72. The van der Waals surface area contributed by atoms with E-state index in [1.165, 1.54) is 0 Å². The molecular weight excluding hydrogens is 327 g/mol. The van der Waals surface area contributed by atoms with E-state index in [0.29, 0.717) is 12.1 Å². The van der Waals surface area contributed by atoms with Gasteiger partial charge in [0.1, 0.15) is 5.60 Å². The molecule has 1 rings (SSSR count). The number of carbonyl (C=O) groups is 2. The molecule has 0 fully saturated rings. The van der Waals surface area contributed by atoms with Crippen LogP contribution in [-0.2, 0) is 10.9 Å². The van der Waals surface area contributed by atoms with Gasteiger partial charge in [-0.15, -0.1) is 0 Å². The van der Waals surface area contributed by atoms with Gasteiger partial charge in [0.15, 0.2) is 0 Å². The van der Waals surface area contributed by atoms with Crippen molar-refractivity contribution < 1.29 is 32.6 Å². The molecule has 0 aliphatic rings. The van der Waals surface area contributed by atoms with Gasteiger partial charge in [-0.2, -0.15) is 13.2 Å². The zero-order chi connectivity index (χ0) is 18.5. The SMILES string of the molecule is CC(C)(C)OC(=O)NCC#Cc1cc(C(F)(F)F)ccc1C(=O)O. The number of rotatable bonds is 2. The fraction of sp³-hybridized carbons (Fsp3) is 0.375. The maximum Gasteiger partial charge on any atom is 0.416 e. The topological polar surface area (TPSA) is 75.6 Å². The molecule has 0 heterocycles. The van der Waals surface area contributed by atoms with Crippen LogP contribution in [0.5, 0.6) is 0 Å². The Hall–Kier alpha value is -2.69. The van der Waals surface area contributed by atoms with Gasteiger partial charge in [0, 0.05) is 5.56 Å². The van der Waals surface area contributed by atoms with Gasteiger partial charge in [-0.25, -0.2) is 9.59 Å². The predicted octanol–water partition coefficient (Wildman–Crippen LogP) is 3.28. The molecule has 0 spiro atoms. The summed E-state index contributed by atoms with van der Waals surface area (Å²) in [7, 11) is 0. The number of ether oxygens (including phenoxy) is 1. The third-order valence-electron chi connectivity index (χ3n) is 2.52. The average molecular weight is 343 g/mol. The molecule has 1 amide bonds. The van der Waals surface area contributed by atoms with E-state index in [4.69, 9.17) is 9.84 Å². The molecule has 1 aromatic rings.